The van der Waals surface area contributed by atoms with E-state index in [9.17, 15) is 9.59 Å². The smallest absolute Gasteiger partial charge is 0.241 e. The molecule has 5 heteroatoms. The number of amides is 2. The first-order valence-corrected chi connectivity index (χ1v) is 8.38. The quantitative estimate of drug-likeness (QED) is 0.878. The molecule has 1 aromatic carbocycles. The van der Waals surface area contributed by atoms with Crippen LogP contribution in [0.25, 0.3) is 0 Å². The Bertz CT molecular complexity index is 549. The van der Waals surface area contributed by atoms with Gasteiger partial charge in [-0.1, -0.05) is 26.8 Å². The van der Waals surface area contributed by atoms with Crippen LogP contribution < -0.4 is 10.6 Å². The third kappa shape index (κ3) is 5.27. The molecule has 0 saturated carbocycles. The van der Waals surface area contributed by atoms with Gasteiger partial charge in [0, 0.05) is 30.4 Å². The third-order valence-corrected chi connectivity index (χ3v) is 4.23. The highest BCUT2D eigenvalue weighted by molar-refractivity contribution is 5.92. The van der Waals surface area contributed by atoms with E-state index in [4.69, 9.17) is 0 Å². The van der Waals surface area contributed by atoms with Crippen LogP contribution >= 0.6 is 0 Å². The molecule has 0 bridgehead atoms. The van der Waals surface area contributed by atoms with E-state index in [1.807, 2.05) is 43.0 Å². The summed E-state index contributed by atoms with van der Waals surface area (Å²) >= 11 is 0. The largest absolute Gasteiger partial charge is 0.376 e. The van der Waals surface area contributed by atoms with Crippen LogP contribution in [0.15, 0.2) is 24.3 Å². The molecular weight excluding hydrogens is 290 g/mol. The molecule has 0 aliphatic carbocycles. The van der Waals surface area contributed by atoms with Crippen LogP contribution in [0.5, 0.6) is 0 Å². The average Bonchev–Trinajstić information content (AvgIpc) is 2.53. The van der Waals surface area contributed by atoms with Crippen LogP contribution in [0, 0.1) is 11.8 Å². The zero-order chi connectivity index (χ0) is 16.8. The number of nitrogens with zero attached hydrogens (tertiary/aromatic N) is 1. The first-order valence-electron chi connectivity index (χ1n) is 8.38. The number of nitrogens with one attached hydrogen (secondary N) is 2. The van der Waals surface area contributed by atoms with Gasteiger partial charge < -0.3 is 15.5 Å². The number of hydrogen-bond acceptors (Lipinski definition) is 3. The molecule has 2 N–H and O–H groups in total. The molecule has 1 aliphatic heterocycles. The minimum Gasteiger partial charge on any atom is -0.376 e. The Balaban J connectivity index is 1.85. The number of carbonyl (C=O) groups is 2. The molecule has 0 spiro atoms. The van der Waals surface area contributed by atoms with Crippen molar-refractivity contribution in [3.05, 3.63) is 24.3 Å². The molecule has 1 saturated heterocycles. The maximum absolute atomic E-state index is 12.2. The average molecular weight is 317 g/mol. The molecule has 126 valence electrons. The van der Waals surface area contributed by atoms with Gasteiger partial charge in [0.15, 0.2) is 0 Å². The van der Waals surface area contributed by atoms with Crippen molar-refractivity contribution in [2.45, 2.75) is 33.6 Å². The summed E-state index contributed by atoms with van der Waals surface area (Å²) in [6.07, 6.45) is 2.17. The summed E-state index contributed by atoms with van der Waals surface area (Å²) in [7, 11) is 0. The van der Waals surface area contributed by atoms with Crippen molar-refractivity contribution in [3.8, 4) is 0 Å². The summed E-state index contributed by atoms with van der Waals surface area (Å²) in [5, 5.41) is 6.02. The second-order valence-electron chi connectivity index (χ2n) is 6.64. The highest BCUT2D eigenvalue weighted by Gasteiger charge is 2.19. The van der Waals surface area contributed by atoms with Crippen molar-refractivity contribution in [2.24, 2.45) is 11.8 Å². The molecule has 0 unspecified atom stereocenters. The van der Waals surface area contributed by atoms with Gasteiger partial charge in [0.25, 0.3) is 0 Å². The van der Waals surface area contributed by atoms with Crippen LogP contribution in [0.4, 0.5) is 11.4 Å². The van der Waals surface area contributed by atoms with Gasteiger partial charge in [-0.05, 0) is 37.0 Å². The van der Waals surface area contributed by atoms with Crippen LogP contribution in [-0.2, 0) is 9.59 Å². The van der Waals surface area contributed by atoms with E-state index in [0.717, 1.165) is 37.3 Å². The van der Waals surface area contributed by atoms with Crippen molar-refractivity contribution in [3.63, 3.8) is 0 Å². The highest BCUT2D eigenvalue weighted by Crippen LogP contribution is 2.18. The molecule has 2 amide bonds. The fourth-order valence-electron chi connectivity index (χ4n) is 2.54. The van der Waals surface area contributed by atoms with E-state index in [0.29, 0.717) is 5.92 Å². The number of piperidine rings is 1. The van der Waals surface area contributed by atoms with E-state index in [1.54, 1.807) is 0 Å². The Kier molecular flexibility index (Phi) is 6.02. The van der Waals surface area contributed by atoms with Gasteiger partial charge in [0.1, 0.15) is 0 Å². The molecule has 1 aliphatic rings. The van der Waals surface area contributed by atoms with E-state index in [2.05, 4.69) is 17.6 Å². The van der Waals surface area contributed by atoms with E-state index in [-0.39, 0.29) is 24.3 Å². The maximum atomic E-state index is 12.2. The zero-order valence-corrected chi connectivity index (χ0v) is 14.3. The summed E-state index contributed by atoms with van der Waals surface area (Å²) in [5.74, 6) is 0.775. The molecule has 0 radical (unpaired) electrons. The molecule has 5 nitrogen and oxygen atoms in total. The molecule has 0 aromatic heterocycles. The number of benzene rings is 1. The van der Waals surface area contributed by atoms with E-state index < -0.39 is 0 Å². The fraction of sp³-hybridized carbons (Fsp3) is 0.556. The normalized spacial score (nSPS) is 15.6. The fourth-order valence-corrected chi connectivity index (χ4v) is 2.54. The predicted octanol–water partition coefficient (Wildman–Crippen LogP) is 2.95. The lowest BCUT2D eigenvalue weighted by molar-refractivity contribution is -0.130. The Morgan fingerprint density at radius 3 is 2.52 bits per heavy atom. The van der Waals surface area contributed by atoms with Gasteiger partial charge >= 0.3 is 0 Å². The second kappa shape index (κ2) is 7.99. The van der Waals surface area contributed by atoms with Crippen LogP contribution in [0.1, 0.15) is 33.6 Å². The Hall–Kier alpha value is -2.04. The zero-order valence-electron chi connectivity index (χ0n) is 14.3. The number of likely N-dealkylation sites (tertiary alicyclic amines) is 1. The molecular formula is C18H27N3O2. The number of rotatable bonds is 5. The summed E-state index contributed by atoms with van der Waals surface area (Å²) < 4.78 is 0. The summed E-state index contributed by atoms with van der Waals surface area (Å²) in [5.41, 5.74) is 1.58. The standard InChI is InChI=1S/C18H27N3O2/c1-13(2)18(23)20-16-6-4-5-15(11-16)19-12-17(22)21-9-7-14(3)8-10-21/h4-6,11,13-14,19H,7-10,12H2,1-3H3,(H,20,23). The van der Waals surface area contributed by atoms with Gasteiger partial charge in [0.05, 0.1) is 6.54 Å². The minimum atomic E-state index is -0.0605. The van der Waals surface area contributed by atoms with E-state index >= 15 is 0 Å². The lowest BCUT2D eigenvalue weighted by Gasteiger charge is -2.30. The van der Waals surface area contributed by atoms with Gasteiger partial charge in [-0.15, -0.1) is 0 Å². The molecule has 1 heterocycles. The van der Waals surface area contributed by atoms with Crippen LogP contribution in [0.3, 0.4) is 0 Å². The Labute approximate surface area is 138 Å². The van der Waals surface area contributed by atoms with Gasteiger partial charge in [-0.25, -0.2) is 0 Å². The molecule has 23 heavy (non-hydrogen) atoms. The molecule has 0 atom stereocenters. The van der Waals surface area contributed by atoms with Crippen LogP contribution in [0.2, 0.25) is 0 Å². The van der Waals surface area contributed by atoms with Crippen molar-refractivity contribution >= 4 is 23.2 Å². The van der Waals surface area contributed by atoms with Gasteiger partial charge in [0.2, 0.25) is 11.8 Å². The summed E-state index contributed by atoms with van der Waals surface area (Å²) in [4.78, 5) is 25.9. The van der Waals surface area contributed by atoms with Crippen molar-refractivity contribution in [1.29, 1.82) is 0 Å². The van der Waals surface area contributed by atoms with Crippen molar-refractivity contribution in [1.82, 2.24) is 4.90 Å². The summed E-state index contributed by atoms with van der Waals surface area (Å²) in [6, 6.07) is 7.47. The number of carbonyl (C=O) groups excluding carboxylic acids is 2. The topological polar surface area (TPSA) is 61.4 Å². The van der Waals surface area contributed by atoms with Crippen molar-refractivity contribution < 1.29 is 9.59 Å². The van der Waals surface area contributed by atoms with Crippen molar-refractivity contribution in [2.75, 3.05) is 30.3 Å². The number of anilines is 2. The Morgan fingerprint density at radius 1 is 1.22 bits per heavy atom. The maximum Gasteiger partial charge on any atom is 0.241 e. The van der Waals surface area contributed by atoms with E-state index in [1.165, 1.54) is 0 Å². The first-order chi connectivity index (χ1) is 11.0. The molecule has 1 fully saturated rings. The lowest BCUT2D eigenvalue weighted by atomic mass is 9.99. The summed E-state index contributed by atoms with van der Waals surface area (Å²) in [6.45, 7) is 7.94. The highest BCUT2D eigenvalue weighted by atomic mass is 16.2. The van der Waals surface area contributed by atoms with Crippen LogP contribution in [-0.4, -0.2) is 36.3 Å². The lowest BCUT2D eigenvalue weighted by Crippen LogP contribution is -2.40. The molecule has 1 aromatic rings. The molecule has 2 rings (SSSR count). The predicted molar refractivity (Wildman–Crippen MR) is 93.4 cm³/mol. The SMILES string of the molecule is CC1CCN(C(=O)CNc2cccc(NC(=O)C(C)C)c2)CC1. The Morgan fingerprint density at radius 2 is 1.87 bits per heavy atom. The number of hydrogen-bond donors (Lipinski definition) is 2. The first kappa shape index (κ1) is 17.3. The third-order valence-electron chi connectivity index (χ3n) is 4.23. The van der Waals surface area contributed by atoms with Gasteiger partial charge in [-0.2, -0.15) is 0 Å². The minimum absolute atomic E-state index is 0.0133. The monoisotopic (exact) mass is 317 g/mol. The second-order valence-corrected chi connectivity index (χ2v) is 6.64. The van der Waals surface area contributed by atoms with Gasteiger partial charge in [-0.3, -0.25) is 9.59 Å².